The van der Waals surface area contributed by atoms with Gasteiger partial charge in [-0.3, -0.25) is 4.79 Å². The number of para-hydroxylation sites is 1. The Balaban J connectivity index is 2.17. The molecule has 0 aliphatic carbocycles. The molecule has 1 atom stereocenters. The minimum atomic E-state index is -0.790. The predicted octanol–water partition coefficient (Wildman–Crippen LogP) is 0.333. The molecule has 3 rings (SSSR count). The second kappa shape index (κ2) is 5.46. The third-order valence-corrected chi connectivity index (χ3v) is 3.92. The highest BCUT2D eigenvalue weighted by Crippen LogP contribution is 2.14. The summed E-state index contributed by atoms with van der Waals surface area (Å²) in [5, 5.41) is 12.6. The molecule has 112 valence electrons. The molecular weight excluding hydrogens is 268 g/mol. The Kier molecular flexibility index (Phi) is 3.65. The van der Waals surface area contributed by atoms with Crippen LogP contribution in [0.5, 0.6) is 0 Å². The highest BCUT2D eigenvalue weighted by atomic mass is 16.3. The monoisotopic (exact) mass is 288 g/mol. The summed E-state index contributed by atoms with van der Waals surface area (Å²) < 4.78 is 1.56. The van der Waals surface area contributed by atoms with Crippen molar-refractivity contribution in [1.29, 1.82) is 0 Å². The smallest absolute Gasteiger partial charge is 0.280 e. The molecule has 6 nitrogen and oxygen atoms in total. The van der Waals surface area contributed by atoms with Crippen LogP contribution < -0.4 is 10.6 Å². The van der Waals surface area contributed by atoms with Gasteiger partial charge in [0, 0.05) is 26.2 Å². The second-order valence-corrected chi connectivity index (χ2v) is 5.54. The zero-order valence-electron chi connectivity index (χ0n) is 12.4. The standard InChI is InChI=1S/C15H20N4O2/c1-11(20)14-16-13-6-4-3-5-12(13)15(21)19(14)18-9-7-17(2)8-10-18/h3-6,11,20H,7-10H2,1-2H3/t11-/m1/s1. The van der Waals surface area contributed by atoms with Crippen molar-refractivity contribution in [3.8, 4) is 0 Å². The van der Waals surface area contributed by atoms with Gasteiger partial charge in [-0.05, 0) is 26.1 Å². The molecule has 2 heterocycles. The molecule has 6 heteroatoms. The van der Waals surface area contributed by atoms with E-state index < -0.39 is 6.10 Å². The molecule has 1 aromatic heterocycles. The highest BCUT2D eigenvalue weighted by molar-refractivity contribution is 5.77. The van der Waals surface area contributed by atoms with Crippen molar-refractivity contribution >= 4 is 10.9 Å². The summed E-state index contributed by atoms with van der Waals surface area (Å²) in [7, 11) is 2.06. The van der Waals surface area contributed by atoms with E-state index in [4.69, 9.17) is 0 Å². The van der Waals surface area contributed by atoms with Crippen LogP contribution in [0, 0.1) is 0 Å². The van der Waals surface area contributed by atoms with E-state index in [1.807, 2.05) is 17.1 Å². The van der Waals surface area contributed by atoms with Gasteiger partial charge in [-0.1, -0.05) is 12.1 Å². The molecule has 0 radical (unpaired) electrons. The lowest BCUT2D eigenvalue weighted by Gasteiger charge is -2.36. The lowest BCUT2D eigenvalue weighted by atomic mass is 10.2. The van der Waals surface area contributed by atoms with Crippen LogP contribution in [0.15, 0.2) is 29.1 Å². The molecule has 0 unspecified atom stereocenters. The normalized spacial score (nSPS) is 18.1. The Labute approximate surface area is 123 Å². The van der Waals surface area contributed by atoms with Gasteiger partial charge in [0.15, 0.2) is 5.82 Å². The maximum absolute atomic E-state index is 12.8. The third-order valence-electron chi connectivity index (χ3n) is 3.92. The van der Waals surface area contributed by atoms with Crippen molar-refractivity contribution in [1.82, 2.24) is 14.6 Å². The quantitative estimate of drug-likeness (QED) is 0.863. The van der Waals surface area contributed by atoms with Crippen molar-refractivity contribution in [3.63, 3.8) is 0 Å². The van der Waals surface area contributed by atoms with Crippen molar-refractivity contribution in [3.05, 3.63) is 40.4 Å². The number of aliphatic hydroxyl groups is 1. The predicted molar refractivity (Wildman–Crippen MR) is 82.1 cm³/mol. The number of fused-ring (bicyclic) bond motifs is 1. The number of piperazine rings is 1. The third kappa shape index (κ3) is 2.52. The zero-order valence-corrected chi connectivity index (χ0v) is 12.4. The Hall–Kier alpha value is -1.92. The van der Waals surface area contributed by atoms with Gasteiger partial charge in [0.2, 0.25) is 0 Å². The second-order valence-electron chi connectivity index (χ2n) is 5.54. The fourth-order valence-electron chi connectivity index (χ4n) is 2.68. The Morgan fingerprint density at radius 1 is 1.19 bits per heavy atom. The molecule has 0 spiro atoms. The zero-order chi connectivity index (χ0) is 15.0. The van der Waals surface area contributed by atoms with Crippen molar-refractivity contribution in [2.45, 2.75) is 13.0 Å². The number of likely N-dealkylation sites (N-methyl/N-ethyl adjacent to an activating group) is 1. The minimum absolute atomic E-state index is 0.110. The van der Waals surface area contributed by atoms with Gasteiger partial charge in [0.1, 0.15) is 6.10 Å². The molecule has 1 aliphatic rings. The molecule has 1 aliphatic heterocycles. The van der Waals surface area contributed by atoms with E-state index in [-0.39, 0.29) is 5.56 Å². The Morgan fingerprint density at radius 2 is 1.86 bits per heavy atom. The Morgan fingerprint density at radius 3 is 2.52 bits per heavy atom. The van der Waals surface area contributed by atoms with E-state index in [1.54, 1.807) is 23.7 Å². The van der Waals surface area contributed by atoms with Crippen LogP contribution in [0.3, 0.4) is 0 Å². The molecule has 1 saturated heterocycles. The molecule has 21 heavy (non-hydrogen) atoms. The number of benzene rings is 1. The average molecular weight is 288 g/mol. The van der Waals surface area contributed by atoms with Crippen molar-refractivity contribution < 1.29 is 5.11 Å². The molecule has 1 aromatic carbocycles. The topological polar surface area (TPSA) is 61.6 Å². The summed E-state index contributed by atoms with van der Waals surface area (Å²) in [6, 6.07) is 7.27. The van der Waals surface area contributed by atoms with Crippen LogP contribution in [0.2, 0.25) is 0 Å². The van der Waals surface area contributed by atoms with E-state index in [0.29, 0.717) is 16.7 Å². The summed E-state index contributed by atoms with van der Waals surface area (Å²) in [5.74, 6) is 0.406. The number of hydrogen-bond donors (Lipinski definition) is 1. The van der Waals surface area contributed by atoms with Crippen LogP contribution in [-0.2, 0) is 0 Å². The first kappa shape index (κ1) is 14.0. The van der Waals surface area contributed by atoms with E-state index in [0.717, 1.165) is 26.2 Å². The van der Waals surface area contributed by atoms with E-state index in [1.165, 1.54) is 0 Å². The van der Waals surface area contributed by atoms with E-state index in [9.17, 15) is 9.90 Å². The molecule has 1 fully saturated rings. The highest BCUT2D eigenvalue weighted by Gasteiger charge is 2.22. The summed E-state index contributed by atoms with van der Waals surface area (Å²) in [5.41, 5.74) is 0.518. The largest absolute Gasteiger partial charge is 0.385 e. The van der Waals surface area contributed by atoms with Gasteiger partial charge in [0.05, 0.1) is 10.9 Å². The van der Waals surface area contributed by atoms with Gasteiger partial charge in [-0.2, -0.15) is 0 Å². The van der Waals surface area contributed by atoms with Crippen molar-refractivity contribution in [2.75, 3.05) is 38.2 Å². The maximum atomic E-state index is 12.8. The molecular formula is C15H20N4O2. The van der Waals surface area contributed by atoms with Gasteiger partial charge in [-0.25, -0.2) is 9.66 Å². The molecule has 0 saturated carbocycles. The van der Waals surface area contributed by atoms with Gasteiger partial charge in [0.25, 0.3) is 5.56 Å². The lowest BCUT2D eigenvalue weighted by Crippen LogP contribution is -2.54. The number of aliphatic hydroxyl groups excluding tert-OH is 1. The summed E-state index contributed by atoms with van der Waals surface area (Å²) in [6.07, 6.45) is -0.790. The first-order chi connectivity index (χ1) is 10.1. The number of nitrogens with zero attached hydrogens (tertiary/aromatic N) is 4. The van der Waals surface area contributed by atoms with Crippen LogP contribution in [0.4, 0.5) is 0 Å². The maximum Gasteiger partial charge on any atom is 0.280 e. The van der Waals surface area contributed by atoms with Crippen LogP contribution in [0.1, 0.15) is 18.9 Å². The SMILES string of the molecule is C[C@@H](O)c1nc2ccccc2c(=O)n1N1CCN(C)CC1. The first-order valence-electron chi connectivity index (χ1n) is 7.21. The van der Waals surface area contributed by atoms with Gasteiger partial charge >= 0.3 is 0 Å². The minimum Gasteiger partial charge on any atom is -0.385 e. The summed E-state index contributed by atoms with van der Waals surface area (Å²) >= 11 is 0. The fourth-order valence-corrected chi connectivity index (χ4v) is 2.68. The van der Waals surface area contributed by atoms with E-state index in [2.05, 4.69) is 16.9 Å². The number of aromatic nitrogens is 2. The summed E-state index contributed by atoms with van der Waals surface area (Å²) in [6.45, 7) is 4.91. The molecule has 0 bridgehead atoms. The molecule has 1 N–H and O–H groups in total. The van der Waals surface area contributed by atoms with Gasteiger partial charge in [-0.15, -0.1) is 0 Å². The molecule has 0 amide bonds. The fraction of sp³-hybridized carbons (Fsp3) is 0.467. The van der Waals surface area contributed by atoms with Crippen LogP contribution in [0.25, 0.3) is 10.9 Å². The number of rotatable bonds is 2. The van der Waals surface area contributed by atoms with Crippen LogP contribution >= 0.6 is 0 Å². The number of hydrogen-bond acceptors (Lipinski definition) is 5. The lowest BCUT2D eigenvalue weighted by molar-refractivity contribution is 0.177. The Bertz CT molecular complexity index is 702. The van der Waals surface area contributed by atoms with Gasteiger partial charge < -0.3 is 15.0 Å². The van der Waals surface area contributed by atoms with E-state index >= 15 is 0 Å². The summed E-state index contributed by atoms with van der Waals surface area (Å²) in [4.78, 5) is 19.5. The van der Waals surface area contributed by atoms with Crippen LogP contribution in [-0.4, -0.2) is 52.9 Å². The first-order valence-corrected chi connectivity index (χ1v) is 7.21. The average Bonchev–Trinajstić information content (AvgIpc) is 2.48. The molecule has 2 aromatic rings. The van der Waals surface area contributed by atoms with Crippen molar-refractivity contribution in [2.24, 2.45) is 0 Å².